The first-order valence-electron chi connectivity index (χ1n) is 8.82. The van der Waals surface area contributed by atoms with Crippen molar-refractivity contribution < 1.29 is 23.9 Å². The number of allylic oxidation sites excluding steroid dienone is 1. The molecular weight excluding hydrogens is 360 g/mol. The fourth-order valence-electron chi connectivity index (χ4n) is 2.89. The molecular formula is C21H20N2O5. The van der Waals surface area contributed by atoms with Crippen molar-refractivity contribution >= 4 is 18.0 Å². The van der Waals surface area contributed by atoms with Crippen LogP contribution in [0, 0.1) is 0 Å². The molecule has 3 rings (SSSR count). The van der Waals surface area contributed by atoms with Crippen LogP contribution in [0.15, 0.2) is 65.9 Å². The van der Waals surface area contributed by atoms with Crippen molar-refractivity contribution in [3.63, 3.8) is 0 Å². The van der Waals surface area contributed by atoms with Crippen molar-refractivity contribution in [1.29, 1.82) is 0 Å². The molecule has 0 spiro atoms. The lowest BCUT2D eigenvalue weighted by atomic mass is 9.95. The van der Waals surface area contributed by atoms with Gasteiger partial charge in [0.25, 0.3) is 0 Å². The van der Waals surface area contributed by atoms with Crippen LogP contribution in [0.2, 0.25) is 0 Å². The van der Waals surface area contributed by atoms with Gasteiger partial charge in [0.15, 0.2) is 0 Å². The Hall–Kier alpha value is -3.61. The maximum atomic E-state index is 12.3. The van der Waals surface area contributed by atoms with Crippen LogP contribution in [0.3, 0.4) is 0 Å². The average Bonchev–Trinajstić information content (AvgIpc) is 2.68. The Labute approximate surface area is 162 Å². The molecule has 7 heteroatoms. The third-order valence-corrected chi connectivity index (χ3v) is 4.20. The van der Waals surface area contributed by atoms with E-state index in [1.165, 1.54) is 0 Å². The number of carbonyl (C=O) groups excluding carboxylic acids is 3. The second kappa shape index (κ2) is 8.39. The highest BCUT2D eigenvalue weighted by Gasteiger charge is 2.32. The van der Waals surface area contributed by atoms with E-state index in [0.29, 0.717) is 28.1 Å². The minimum Gasteiger partial charge on any atom is -0.463 e. The van der Waals surface area contributed by atoms with Gasteiger partial charge in [-0.25, -0.2) is 14.4 Å². The van der Waals surface area contributed by atoms with E-state index in [2.05, 4.69) is 10.6 Å². The summed E-state index contributed by atoms with van der Waals surface area (Å²) in [5.41, 5.74) is 1.87. The average molecular weight is 380 g/mol. The molecule has 0 saturated carbocycles. The molecule has 0 fully saturated rings. The van der Waals surface area contributed by atoms with Gasteiger partial charge in [-0.3, -0.25) is 0 Å². The lowest BCUT2D eigenvalue weighted by molar-refractivity contribution is -0.139. The largest absolute Gasteiger partial charge is 0.463 e. The molecule has 144 valence electrons. The molecule has 1 atom stereocenters. The van der Waals surface area contributed by atoms with Gasteiger partial charge >= 0.3 is 18.0 Å². The molecule has 2 aromatic rings. The van der Waals surface area contributed by atoms with Crippen LogP contribution in [-0.2, 0) is 9.53 Å². The Morgan fingerprint density at radius 2 is 1.68 bits per heavy atom. The summed E-state index contributed by atoms with van der Waals surface area (Å²) in [7, 11) is 0. The molecule has 1 aliphatic rings. The van der Waals surface area contributed by atoms with Gasteiger partial charge in [0.1, 0.15) is 5.75 Å². The number of ether oxygens (including phenoxy) is 2. The van der Waals surface area contributed by atoms with Gasteiger partial charge in [0, 0.05) is 5.70 Å². The third-order valence-electron chi connectivity index (χ3n) is 4.20. The normalized spacial score (nSPS) is 16.1. The Morgan fingerprint density at radius 1 is 1.00 bits per heavy atom. The molecule has 1 unspecified atom stereocenters. The highest BCUT2D eigenvalue weighted by atomic mass is 16.5. The fraction of sp³-hybridized carbons (Fsp3) is 0.190. The van der Waals surface area contributed by atoms with Gasteiger partial charge in [0.2, 0.25) is 0 Å². The first-order valence-corrected chi connectivity index (χ1v) is 8.82. The van der Waals surface area contributed by atoms with Gasteiger partial charge in [0.05, 0.1) is 23.8 Å². The molecule has 2 aromatic carbocycles. The summed E-state index contributed by atoms with van der Waals surface area (Å²) in [5, 5.41) is 5.31. The van der Waals surface area contributed by atoms with E-state index >= 15 is 0 Å². The van der Waals surface area contributed by atoms with E-state index in [0.717, 1.165) is 0 Å². The molecule has 1 heterocycles. The van der Waals surface area contributed by atoms with Crippen LogP contribution in [0.1, 0.15) is 35.8 Å². The number of rotatable bonds is 5. The number of nitrogens with one attached hydrogen (secondary N) is 2. The van der Waals surface area contributed by atoms with Crippen LogP contribution in [-0.4, -0.2) is 24.6 Å². The predicted molar refractivity (Wildman–Crippen MR) is 102 cm³/mol. The summed E-state index contributed by atoms with van der Waals surface area (Å²) in [6.45, 7) is 3.59. The molecule has 0 bridgehead atoms. The number of urea groups is 1. The Kier molecular flexibility index (Phi) is 5.74. The molecule has 0 saturated heterocycles. The SMILES string of the molecule is CCOC(=O)C1=C(C)NC(=O)NC1c1ccc(OC(=O)c2ccccc2)cc1. The van der Waals surface area contributed by atoms with Crippen molar-refractivity contribution in [2.75, 3.05) is 6.61 Å². The summed E-state index contributed by atoms with van der Waals surface area (Å²) < 4.78 is 10.5. The second-order valence-electron chi connectivity index (χ2n) is 6.12. The number of hydrogen-bond acceptors (Lipinski definition) is 5. The van der Waals surface area contributed by atoms with Gasteiger partial charge < -0.3 is 20.1 Å². The van der Waals surface area contributed by atoms with Gasteiger partial charge in [-0.2, -0.15) is 0 Å². The summed E-state index contributed by atoms with van der Waals surface area (Å²) in [6.07, 6.45) is 0. The topological polar surface area (TPSA) is 93.7 Å². The zero-order valence-electron chi connectivity index (χ0n) is 15.5. The molecule has 7 nitrogen and oxygen atoms in total. The predicted octanol–water partition coefficient (Wildman–Crippen LogP) is 3.10. The standard InChI is InChI=1S/C21H20N2O5/c1-3-27-20(25)17-13(2)22-21(26)23-18(17)14-9-11-16(12-10-14)28-19(24)15-7-5-4-6-8-15/h4-12,18H,3H2,1-2H3,(H2,22,23,26). The van der Waals surface area contributed by atoms with Gasteiger partial charge in [-0.05, 0) is 43.7 Å². The summed E-state index contributed by atoms with van der Waals surface area (Å²) in [5.74, 6) is -0.611. The van der Waals surface area contributed by atoms with Crippen LogP contribution in [0.5, 0.6) is 5.75 Å². The Bertz CT molecular complexity index is 920. The molecule has 2 amide bonds. The van der Waals surface area contributed by atoms with E-state index in [4.69, 9.17) is 9.47 Å². The lowest BCUT2D eigenvalue weighted by Crippen LogP contribution is -2.45. The Morgan fingerprint density at radius 3 is 2.32 bits per heavy atom. The van der Waals surface area contributed by atoms with E-state index < -0.39 is 24.0 Å². The van der Waals surface area contributed by atoms with E-state index in [1.54, 1.807) is 62.4 Å². The smallest absolute Gasteiger partial charge is 0.343 e. The van der Waals surface area contributed by atoms with Gasteiger partial charge in [-0.15, -0.1) is 0 Å². The highest BCUT2D eigenvalue weighted by Crippen LogP contribution is 2.29. The molecule has 2 N–H and O–H groups in total. The van der Waals surface area contributed by atoms with Crippen LogP contribution >= 0.6 is 0 Å². The van der Waals surface area contributed by atoms with Crippen LogP contribution in [0.4, 0.5) is 4.79 Å². The first kappa shape index (κ1) is 19.2. The molecule has 0 aromatic heterocycles. The molecule has 0 aliphatic carbocycles. The molecule has 1 aliphatic heterocycles. The summed E-state index contributed by atoms with van der Waals surface area (Å²) in [4.78, 5) is 36.3. The summed E-state index contributed by atoms with van der Waals surface area (Å²) in [6, 6.07) is 14.2. The highest BCUT2D eigenvalue weighted by molar-refractivity contribution is 5.95. The summed E-state index contributed by atoms with van der Waals surface area (Å²) >= 11 is 0. The van der Waals surface area contributed by atoms with Crippen molar-refractivity contribution in [2.24, 2.45) is 0 Å². The minimum atomic E-state index is -0.660. The second-order valence-corrected chi connectivity index (χ2v) is 6.12. The monoisotopic (exact) mass is 380 g/mol. The number of carbonyl (C=O) groups is 3. The first-order chi connectivity index (χ1) is 13.5. The van der Waals surface area contributed by atoms with Crippen LogP contribution in [0.25, 0.3) is 0 Å². The fourth-order valence-corrected chi connectivity index (χ4v) is 2.89. The van der Waals surface area contributed by atoms with Gasteiger partial charge in [-0.1, -0.05) is 30.3 Å². The number of amides is 2. The zero-order valence-corrected chi connectivity index (χ0v) is 15.5. The number of hydrogen-bond donors (Lipinski definition) is 2. The Balaban J connectivity index is 1.81. The van der Waals surface area contributed by atoms with Crippen LogP contribution < -0.4 is 15.4 Å². The molecule has 28 heavy (non-hydrogen) atoms. The molecule has 0 radical (unpaired) electrons. The third kappa shape index (κ3) is 4.20. The maximum Gasteiger partial charge on any atom is 0.343 e. The number of esters is 2. The minimum absolute atomic E-state index is 0.227. The van der Waals surface area contributed by atoms with E-state index in [1.807, 2.05) is 6.07 Å². The quantitative estimate of drug-likeness (QED) is 0.614. The van der Waals surface area contributed by atoms with Crippen molar-refractivity contribution in [3.8, 4) is 5.75 Å². The van der Waals surface area contributed by atoms with Crippen molar-refractivity contribution in [1.82, 2.24) is 10.6 Å². The van der Waals surface area contributed by atoms with E-state index in [-0.39, 0.29) is 6.61 Å². The van der Waals surface area contributed by atoms with Crippen molar-refractivity contribution in [2.45, 2.75) is 19.9 Å². The lowest BCUT2D eigenvalue weighted by Gasteiger charge is -2.28. The zero-order chi connectivity index (χ0) is 20.1. The maximum absolute atomic E-state index is 12.3. The van der Waals surface area contributed by atoms with E-state index in [9.17, 15) is 14.4 Å². The number of benzene rings is 2. The van der Waals surface area contributed by atoms with Crippen molar-refractivity contribution in [3.05, 3.63) is 77.0 Å².